The van der Waals surface area contributed by atoms with Crippen molar-refractivity contribution in [1.82, 2.24) is 14.6 Å². The third-order valence-corrected chi connectivity index (χ3v) is 5.11. The minimum absolute atomic E-state index is 0.276. The molecule has 23 heavy (non-hydrogen) atoms. The molecule has 4 rings (SSSR count). The maximum absolute atomic E-state index is 6.20. The molecule has 0 saturated carbocycles. The highest BCUT2D eigenvalue weighted by Crippen LogP contribution is 2.33. The summed E-state index contributed by atoms with van der Waals surface area (Å²) in [5, 5.41) is 4.22. The van der Waals surface area contributed by atoms with E-state index in [1.165, 1.54) is 5.75 Å². The number of nitrogens with two attached hydrogens (primary N) is 1. The molecule has 3 aromatic rings. The lowest BCUT2D eigenvalue weighted by atomic mass is 10.1. The Bertz CT molecular complexity index is 855. The van der Waals surface area contributed by atoms with Crippen LogP contribution in [0.4, 0.5) is 5.82 Å². The van der Waals surface area contributed by atoms with E-state index < -0.39 is 0 Å². The molecule has 1 aliphatic rings. The van der Waals surface area contributed by atoms with Crippen molar-refractivity contribution >= 4 is 23.1 Å². The maximum atomic E-state index is 6.20. The molecule has 0 aliphatic carbocycles. The summed E-state index contributed by atoms with van der Waals surface area (Å²) < 4.78 is 7.98. The highest BCUT2D eigenvalue weighted by Gasteiger charge is 2.19. The third-order valence-electron chi connectivity index (χ3n) is 3.98. The third kappa shape index (κ3) is 2.86. The fraction of sp³-hybridized carbons (Fsp3) is 0.294. The first-order valence-electron chi connectivity index (χ1n) is 7.65. The smallest absolute Gasteiger partial charge is 0.146 e. The summed E-state index contributed by atoms with van der Waals surface area (Å²) in [6.07, 6.45) is 5.13. The number of thioether (sulfide) groups is 1. The van der Waals surface area contributed by atoms with Crippen LogP contribution in [0.3, 0.4) is 0 Å². The quantitative estimate of drug-likeness (QED) is 0.801. The van der Waals surface area contributed by atoms with Crippen molar-refractivity contribution in [2.24, 2.45) is 0 Å². The maximum Gasteiger partial charge on any atom is 0.146 e. The molecule has 1 fully saturated rings. The minimum Gasteiger partial charge on any atom is -0.487 e. The zero-order valence-electron chi connectivity index (χ0n) is 12.9. The Labute approximate surface area is 138 Å². The van der Waals surface area contributed by atoms with Gasteiger partial charge in [0.05, 0.1) is 11.7 Å². The zero-order valence-corrected chi connectivity index (χ0v) is 13.7. The van der Waals surface area contributed by atoms with Crippen LogP contribution in [0.2, 0.25) is 0 Å². The van der Waals surface area contributed by atoms with E-state index in [0.29, 0.717) is 5.82 Å². The van der Waals surface area contributed by atoms with Crippen LogP contribution in [-0.2, 0) is 0 Å². The molecule has 6 heteroatoms. The molecule has 118 valence electrons. The Hall–Kier alpha value is -2.21. The van der Waals surface area contributed by atoms with E-state index in [1.54, 1.807) is 4.52 Å². The van der Waals surface area contributed by atoms with E-state index in [1.807, 2.05) is 43.2 Å². The van der Waals surface area contributed by atoms with Crippen LogP contribution in [-0.4, -0.2) is 32.2 Å². The van der Waals surface area contributed by atoms with Gasteiger partial charge in [0.15, 0.2) is 0 Å². The van der Waals surface area contributed by atoms with Crippen molar-refractivity contribution in [2.75, 3.05) is 17.2 Å². The standard InChI is InChI=1S/C17H18N4OS/c1-11-6-15(16(9-19-11)22-14-3-5-23-10-14)12-2-4-21-13(7-12)8-17(18)20-21/h2,4,6-9,14H,3,5,10H2,1H3,(H2,18,20). The van der Waals surface area contributed by atoms with Crippen molar-refractivity contribution < 1.29 is 4.74 Å². The molecule has 0 radical (unpaired) electrons. The summed E-state index contributed by atoms with van der Waals surface area (Å²) in [5.41, 5.74) is 9.87. The van der Waals surface area contributed by atoms with Gasteiger partial charge >= 0.3 is 0 Å². The molecule has 0 spiro atoms. The van der Waals surface area contributed by atoms with Crippen LogP contribution >= 0.6 is 11.8 Å². The van der Waals surface area contributed by atoms with Crippen LogP contribution in [0.25, 0.3) is 16.6 Å². The Kier molecular flexibility index (Phi) is 3.61. The molecule has 2 N–H and O–H groups in total. The Morgan fingerprint density at radius 1 is 1.35 bits per heavy atom. The predicted molar refractivity (Wildman–Crippen MR) is 93.9 cm³/mol. The van der Waals surface area contributed by atoms with Gasteiger partial charge in [-0.1, -0.05) is 0 Å². The summed E-state index contributed by atoms with van der Waals surface area (Å²) >= 11 is 1.94. The summed E-state index contributed by atoms with van der Waals surface area (Å²) in [6, 6.07) is 8.05. The molecule has 5 nitrogen and oxygen atoms in total. The first-order chi connectivity index (χ1) is 11.2. The monoisotopic (exact) mass is 326 g/mol. The second-order valence-electron chi connectivity index (χ2n) is 5.78. The highest BCUT2D eigenvalue weighted by molar-refractivity contribution is 7.99. The largest absolute Gasteiger partial charge is 0.487 e. The van der Waals surface area contributed by atoms with E-state index in [2.05, 4.69) is 22.2 Å². The minimum atomic E-state index is 0.276. The van der Waals surface area contributed by atoms with E-state index in [-0.39, 0.29) is 6.10 Å². The van der Waals surface area contributed by atoms with Crippen LogP contribution < -0.4 is 10.5 Å². The van der Waals surface area contributed by atoms with Crippen molar-refractivity contribution in [1.29, 1.82) is 0 Å². The molecule has 0 amide bonds. The number of nitrogen functional groups attached to an aromatic ring is 1. The summed E-state index contributed by atoms with van der Waals surface area (Å²) in [4.78, 5) is 4.40. The number of aryl methyl sites for hydroxylation is 1. The number of anilines is 1. The molecule has 0 bridgehead atoms. The average Bonchev–Trinajstić information content (AvgIpc) is 3.16. The molecular weight excluding hydrogens is 308 g/mol. The summed E-state index contributed by atoms with van der Waals surface area (Å²) in [6.45, 7) is 1.99. The van der Waals surface area contributed by atoms with Gasteiger partial charge in [0, 0.05) is 29.3 Å². The van der Waals surface area contributed by atoms with Gasteiger partial charge in [-0.3, -0.25) is 4.98 Å². The first-order valence-corrected chi connectivity index (χ1v) is 8.81. The topological polar surface area (TPSA) is 65.4 Å². The van der Waals surface area contributed by atoms with Gasteiger partial charge in [-0.2, -0.15) is 16.9 Å². The molecule has 1 aliphatic heterocycles. The fourth-order valence-electron chi connectivity index (χ4n) is 2.83. The normalized spacial score (nSPS) is 17.7. The molecule has 0 aromatic carbocycles. The van der Waals surface area contributed by atoms with Gasteiger partial charge in [0.25, 0.3) is 0 Å². The predicted octanol–water partition coefficient (Wildman–Crippen LogP) is 3.17. The molecule has 1 atom stereocenters. The van der Waals surface area contributed by atoms with Crippen molar-refractivity contribution in [3.8, 4) is 16.9 Å². The van der Waals surface area contributed by atoms with Crippen LogP contribution in [0.15, 0.2) is 36.7 Å². The molecular formula is C17H18N4OS. The molecule has 3 aromatic heterocycles. The lowest BCUT2D eigenvalue weighted by Crippen LogP contribution is -2.15. The zero-order chi connectivity index (χ0) is 15.8. The van der Waals surface area contributed by atoms with Gasteiger partial charge < -0.3 is 10.5 Å². The lowest BCUT2D eigenvalue weighted by molar-refractivity contribution is 0.229. The van der Waals surface area contributed by atoms with Crippen molar-refractivity contribution in [2.45, 2.75) is 19.4 Å². The van der Waals surface area contributed by atoms with Gasteiger partial charge in [-0.25, -0.2) is 4.52 Å². The number of ether oxygens (including phenoxy) is 1. The number of hydrogen-bond acceptors (Lipinski definition) is 5. The lowest BCUT2D eigenvalue weighted by Gasteiger charge is -2.16. The number of hydrogen-bond donors (Lipinski definition) is 1. The van der Waals surface area contributed by atoms with Crippen LogP contribution in [0.1, 0.15) is 12.1 Å². The Morgan fingerprint density at radius 3 is 3.09 bits per heavy atom. The molecule has 1 saturated heterocycles. The summed E-state index contributed by atoms with van der Waals surface area (Å²) in [7, 11) is 0. The van der Waals surface area contributed by atoms with E-state index in [4.69, 9.17) is 10.5 Å². The first kappa shape index (κ1) is 14.4. The Morgan fingerprint density at radius 2 is 2.26 bits per heavy atom. The Balaban J connectivity index is 1.76. The van der Waals surface area contributed by atoms with E-state index >= 15 is 0 Å². The van der Waals surface area contributed by atoms with Crippen LogP contribution in [0, 0.1) is 6.92 Å². The fourth-order valence-corrected chi connectivity index (χ4v) is 3.93. The van der Waals surface area contributed by atoms with E-state index in [0.717, 1.165) is 40.3 Å². The SMILES string of the molecule is Cc1cc(-c2ccn3nc(N)cc3c2)c(OC2CCSC2)cn1. The van der Waals surface area contributed by atoms with Gasteiger partial charge in [0.1, 0.15) is 17.7 Å². The van der Waals surface area contributed by atoms with Crippen molar-refractivity contribution in [3.05, 3.63) is 42.4 Å². The number of rotatable bonds is 3. The van der Waals surface area contributed by atoms with Gasteiger partial charge in [-0.15, -0.1) is 0 Å². The number of pyridine rings is 2. The molecule has 4 heterocycles. The average molecular weight is 326 g/mol. The van der Waals surface area contributed by atoms with Crippen molar-refractivity contribution in [3.63, 3.8) is 0 Å². The van der Waals surface area contributed by atoms with Gasteiger partial charge in [-0.05, 0) is 42.9 Å². The van der Waals surface area contributed by atoms with E-state index in [9.17, 15) is 0 Å². The second-order valence-corrected chi connectivity index (χ2v) is 6.93. The second kappa shape index (κ2) is 5.77. The van der Waals surface area contributed by atoms with Crippen LogP contribution in [0.5, 0.6) is 5.75 Å². The number of aromatic nitrogens is 3. The highest BCUT2D eigenvalue weighted by atomic mass is 32.2. The number of fused-ring (bicyclic) bond motifs is 1. The summed E-state index contributed by atoms with van der Waals surface area (Å²) in [5.74, 6) is 3.58. The van der Waals surface area contributed by atoms with Gasteiger partial charge in [0.2, 0.25) is 0 Å². The molecule has 1 unspecified atom stereocenters. The number of nitrogens with zero attached hydrogens (tertiary/aromatic N) is 3.